The van der Waals surface area contributed by atoms with Gasteiger partial charge in [-0.15, -0.1) is 0 Å². The largest absolute Gasteiger partial charge is 0.508 e. The van der Waals surface area contributed by atoms with E-state index in [1.54, 1.807) is 6.92 Å². The second-order valence-corrected chi connectivity index (χ2v) is 3.62. The molecule has 0 N–H and O–H groups in total. The van der Waals surface area contributed by atoms with Crippen LogP contribution in [0.1, 0.15) is 19.8 Å². The van der Waals surface area contributed by atoms with E-state index in [4.69, 9.17) is 9.47 Å². The van der Waals surface area contributed by atoms with Crippen molar-refractivity contribution in [2.45, 2.75) is 25.9 Å². The Balaban J connectivity index is 1.83. The maximum Gasteiger partial charge on any atom is 0.508 e. The van der Waals surface area contributed by atoms with E-state index >= 15 is 0 Å². The summed E-state index contributed by atoms with van der Waals surface area (Å²) in [6.07, 6.45) is 6.03. The van der Waals surface area contributed by atoms with Gasteiger partial charge in [-0.05, 0) is 25.7 Å². The fourth-order valence-corrected chi connectivity index (χ4v) is 2.14. The van der Waals surface area contributed by atoms with E-state index in [9.17, 15) is 4.79 Å². The molecular weight excluding hydrogens is 168 g/mol. The minimum atomic E-state index is -0.520. The maximum atomic E-state index is 11.0. The van der Waals surface area contributed by atoms with Gasteiger partial charge in [-0.25, -0.2) is 4.79 Å². The predicted octanol–water partition coefficient (Wildman–Crippen LogP) is 2.12. The Labute approximate surface area is 77.7 Å². The minimum absolute atomic E-state index is 0.0639. The molecule has 2 aliphatic carbocycles. The summed E-state index contributed by atoms with van der Waals surface area (Å²) in [7, 11) is 0. The monoisotopic (exact) mass is 182 g/mol. The lowest BCUT2D eigenvalue weighted by atomic mass is 10.1. The van der Waals surface area contributed by atoms with Crippen molar-refractivity contribution in [3.63, 3.8) is 0 Å². The molecule has 72 valence electrons. The number of rotatable bonds is 2. The summed E-state index contributed by atoms with van der Waals surface area (Å²) in [5, 5.41) is 0. The van der Waals surface area contributed by atoms with Crippen LogP contribution in [-0.4, -0.2) is 18.9 Å². The van der Waals surface area contributed by atoms with Gasteiger partial charge in [0.15, 0.2) is 0 Å². The first-order chi connectivity index (χ1) is 6.29. The SMILES string of the molecule is CCOC(=O)O[C@@H]1C[C@@H]2C=C[C@H]1C2. The number of fused-ring (bicyclic) bond motifs is 2. The Morgan fingerprint density at radius 1 is 1.46 bits per heavy atom. The van der Waals surface area contributed by atoms with E-state index in [1.807, 2.05) is 0 Å². The molecule has 3 nitrogen and oxygen atoms in total. The zero-order chi connectivity index (χ0) is 9.26. The first-order valence-corrected chi connectivity index (χ1v) is 4.81. The lowest BCUT2D eigenvalue weighted by Gasteiger charge is -2.17. The highest BCUT2D eigenvalue weighted by Crippen LogP contribution is 2.40. The molecule has 0 spiro atoms. The summed E-state index contributed by atoms with van der Waals surface area (Å²) < 4.78 is 9.90. The molecule has 2 aliphatic rings. The Kier molecular flexibility index (Phi) is 2.25. The molecule has 3 atom stereocenters. The highest BCUT2D eigenvalue weighted by atomic mass is 16.7. The minimum Gasteiger partial charge on any atom is -0.435 e. The summed E-state index contributed by atoms with van der Waals surface area (Å²) in [5.41, 5.74) is 0. The number of allylic oxidation sites excluding steroid dienone is 1. The van der Waals surface area contributed by atoms with Crippen molar-refractivity contribution in [3.05, 3.63) is 12.2 Å². The first kappa shape index (κ1) is 8.60. The van der Waals surface area contributed by atoms with Gasteiger partial charge in [-0.1, -0.05) is 12.2 Å². The number of hydrogen-bond acceptors (Lipinski definition) is 3. The molecule has 1 fully saturated rings. The predicted molar refractivity (Wildman–Crippen MR) is 47.2 cm³/mol. The molecular formula is C10H14O3. The maximum absolute atomic E-state index is 11.0. The lowest BCUT2D eigenvalue weighted by molar-refractivity contribution is 0.0179. The molecule has 13 heavy (non-hydrogen) atoms. The molecule has 0 aromatic rings. The zero-order valence-electron chi connectivity index (χ0n) is 7.73. The van der Waals surface area contributed by atoms with Crippen LogP contribution in [0, 0.1) is 11.8 Å². The standard InChI is InChI=1S/C10H14O3/c1-2-12-10(11)13-9-6-7-3-4-8(9)5-7/h3-4,7-9H,2,5-6H2,1H3/t7-,8+,9-/m1/s1. The molecule has 0 aromatic heterocycles. The van der Waals surface area contributed by atoms with Crippen LogP contribution in [0.15, 0.2) is 12.2 Å². The molecule has 0 amide bonds. The van der Waals surface area contributed by atoms with E-state index in [-0.39, 0.29) is 6.10 Å². The van der Waals surface area contributed by atoms with Gasteiger partial charge < -0.3 is 9.47 Å². The normalized spacial score (nSPS) is 35.0. The smallest absolute Gasteiger partial charge is 0.435 e. The molecule has 2 bridgehead atoms. The third kappa shape index (κ3) is 1.69. The Morgan fingerprint density at radius 3 is 2.85 bits per heavy atom. The van der Waals surface area contributed by atoms with Crippen LogP contribution in [-0.2, 0) is 9.47 Å². The van der Waals surface area contributed by atoms with Crippen molar-refractivity contribution in [2.24, 2.45) is 11.8 Å². The van der Waals surface area contributed by atoms with Crippen LogP contribution in [0.25, 0.3) is 0 Å². The first-order valence-electron chi connectivity index (χ1n) is 4.81. The molecule has 1 saturated carbocycles. The van der Waals surface area contributed by atoms with Gasteiger partial charge in [0.05, 0.1) is 6.61 Å². The van der Waals surface area contributed by atoms with Gasteiger partial charge in [-0.3, -0.25) is 0 Å². The lowest BCUT2D eigenvalue weighted by Crippen LogP contribution is -2.22. The molecule has 3 heteroatoms. The van der Waals surface area contributed by atoms with Gasteiger partial charge in [0.2, 0.25) is 0 Å². The van der Waals surface area contributed by atoms with Crippen LogP contribution in [0.4, 0.5) is 4.79 Å². The molecule has 0 unspecified atom stereocenters. The highest BCUT2D eigenvalue weighted by molar-refractivity contribution is 5.60. The number of carbonyl (C=O) groups is 1. The summed E-state index contributed by atoms with van der Waals surface area (Å²) in [4.78, 5) is 11.0. The van der Waals surface area contributed by atoms with Crippen molar-refractivity contribution in [2.75, 3.05) is 6.61 Å². The van der Waals surface area contributed by atoms with Crippen molar-refractivity contribution >= 4 is 6.16 Å². The average Bonchev–Trinajstić information content (AvgIpc) is 2.65. The Hall–Kier alpha value is -0.990. The van der Waals surface area contributed by atoms with Gasteiger partial charge >= 0.3 is 6.16 Å². The topological polar surface area (TPSA) is 35.5 Å². The molecule has 0 radical (unpaired) electrons. The second-order valence-electron chi connectivity index (χ2n) is 3.62. The molecule has 2 rings (SSSR count). The fourth-order valence-electron chi connectivity index (χ4n) is 2.14. The zero-order valence-corrected chi connectivity index (χ0v) is 7.73. The van der Waals surface area contributed by atoms with E-state index in [0.29, 0.717) is 18.4 Å². The Bertz CT molecular complexity index is 234. The van der Waals surface area contributed by atoms with Crippen molar-refractivity contribution in [3.8, 4) is 0 Å². The van der Waals surface area contributed by atoms with E-state index in [0.717, 1.165) is 12.8 Å². The van der Waals surface area contributed by atoms with Crippen molar-refractivity contribution in [1.29, 1.82) is 0 Å². The van der Waals surface area contributed by atoms with Crippen LogP contribution >= 0.6 is 0 Å². The number of carbonyl (C=O) groups excluding carboxylic acids is 1. The van der Waals surface area contributed by atoms with Crippen LogP contribution < -0.4 is 0 Å². The molecule has 0 saturated heterocycles. The fraction of sp³-hybridized carbons (Fsp3) is 0.700. The second kappa shape index (κ2) is 3.40. The summed E-state index contributed by atoms with van der Waals surface area (Å²) in [6.45, 7) is 2.16. The van der Waals surface area contributed by atoms with Gasteiger partial charge in [-0.2, -0.15) is 0 Å². The van der Waals surface area contributed by atoms with Gasteiger partial charge in [0.25, 0.3) is 0 Å². The summed E-state index contributed by atoms with van der Waals surface area (Å²) in [5.74, 6) is 1.07. The van der Waals surface area contributed by atoms with Crippen molar-refractivity contribution < 1.29 is 14.3 Å². The van der Waals surface area contributed by atoms with E-state index < -0.39 is 6.16 Å². The third-order valence-electron chi connectivity index (χ3n) is 2.73. The van der Waals surface area contributed by atoms with E-state index in [2.05, 4.69) is 12.2 Å². The van der Waals surface area contributed by atoms with Crippen molar-refractivity contribution in [1.82, 2.24) is 0 Å². The molecule has 0 aliphatic heterocycles. The van der Waals surface area contributed by atoms with Gasteiger partial charge in [0.1, 0.15) is 6.10 Å². The third-order valence-corrected chi connectivity index (χ3v) is 2.73. The van der Waals surface area contributed by atoms with Crippen LogP contribution in [0.5, 0.6) is 0 Å². The highest BCUT2D eigenvalue weighted by Gasteiger charge is 2.38. The van der Waals surface area contributed by atoms with Crippen LogP contribution in [0.2, 0.25) is 0 Å². The quantitative estimate of drug-likeness (QED) is 0.484. The molecule has 0 heterocycles. The molecule has 0 aromatic carbocycles. The van der Waals surface area contributed by atoms with E-state index in [1.165, 1.54) is 0 Å². The Morgan fingerprint density at radius 2 is 2.31 bits per heavy atom. The average molecular weight is 182 g/mol. The number of ether oxygens (including phenoxy) is 2. The summed E-state index contributed by atoms with van der Waals surface area (Å²) in [6, 6.07) is 0. The summed E-state index contributed by atoms with van der Waals surface area (Å²) >= 11 is 0. The van der Waals surface area contributed by atoms with Gasteiger partial charge in [0, 0.05) is 5.92 Å². The van der Waals surface area contributed by atoms with Crippen LogP contribution in [0.3, 0.4) is 0 Å². The number of hydrogen-bond donors (Lipinski definition) is 0.